The van der Waals surface area contributed by atoms with E-state index in [0.717, 1.165) is 24.0 Å². The minimum Gasteiger partial charge on any atom is -0.357 e. The Morgan fingerprint density at radius 1 is 1.61 bits per heavy atom. The van der Waals surface area contributed by atoms with E-state index in [1.807, 2.05) is 19.4 Å². The van der Waals surface area contributed by atoms with Gasteiger partial charge in [-0.25, -0.2) is 4.99 Å². The van der Waals surface area contributed by atoms with Crippen molar-refractivity contribution in [1.82, 2.24) is 20.4 Å². The summed E-state index contributed by atoms with van der Waals surface area (Å²) in [6.45, 7) is 5.89. The molecule has 102 valence electrons. The van der Waals surface area contributed by atoms with Gasteiger partial charge in [0.05, 0.1) is 12.7 Å². The Balaban J connectivity index is 0.00000162. The molecule has 1 saturated carbocycles. The molecule has 0 bridgehead atoms. The van der Waals surface area contributed by atoms with E-state index in [2.05, 4.69) is 34.6 Å². The van der Waals surface area contributed by atoms with Crippen LogP contribution in [-0.4, -0.2) is 28.3 Å². The van der Waals surface area contributed by atoms with Crippen LogP contribution in [0.4, 0.5) is 0 Å². The van der Waals surface area contributed by atoms with Crippen molar-refractivity contribution in [2.45, 2.75) is 32.9 Å². The maximum absolute atomic E-state index is 4.55. The molecule has 1 fully saturated rings. The molecule has 5 nitrogen and oxygen atoms in total. The fourth-order valence-corrected chi connectivity index (χ4v) is 1.74. The third kappa shape index (κ3) is 4.47. The van der Waals surface area contributed by atoms with E-state index in [1.165, 1.54) is 6.42 Å². The minimum atomic E-state index is 0. The number of hydrogen-bond acceptors (Lipinski definition) is 2. The topological polar surface area (TPSA) is 54.2 Å². The van der Waals surface area contributed by atoms with Crippen LogP contribution >= 0.6 is 24.0 Å². The Kier molecular flexibility index (Phi) is 5.90. The highest BCUT2D eigenvalue weighted by atomic mass is 127. The molecule has 2 unspecified atom stereocenters. The van der Waals surface area contributed by atoms with E-state index in [0.29, 0.717) is 12.6 Å². The second-order valence-electron chi connectivity index (χ2n) is 4.68. The molecule has 1 aliphatic rings. The van der Waals surface area contributed by atoms with Crippen LogP contribution in [0.1, 0.15) is 25.8 Å². The van der Waals surface area contributed by atoms with Crippen molar-refractivity contribution in [3.63, 3.8) is 0 Å². The molecule has 2 atom stereocenters. The summed E-state index contributed by atoms with van der Waals surface area (Å²) in [5, 5.41) is 10.8. The van der Waals surface area contributed by atoms with Gasteiger partial charge in [-0.05, 0) is 19.3 Å². The standard InChI is InChI=1S/C12H21N5.HI/c1-4-13-12(16-11-5-9(11)2)14-6-10-7-15-17(3)8-10;/h7-9,11H,4-6H2,1-3H3,(H2,13,14,16);1H. The summed E-state index contributed by atoms with van der Waals surface area (Å²) in [5.41, 5.74) is 1.13. The van der Waals surface area contributed by atoms with Gasteiger partial charge in [0.25, 0.3) is 0 Å². The summed E-state index contributed by atoms with van der Waals surface area (Å²) in [5.74, 6) is 1.68. The van der Waals surface area contributed by atoms with Crippen LogP contribution in [0.2, 0.25) is 0 Å². The zero-order valence-electron chi connectivity index (χ0n) is 11.2. The molecule has 2 rings (SSSR count). The highest BCUT2D eigenvalue weighted by Gasteiger charge is 2.33. The van der Waals surface area contributed by atoms with Crippen molar-refractivity contribution < 1.29 is 0 Å². The molecule has 1 aliphatic carbocycles. The molecule has 0 aliphatic heterocycles. The van der Waals surface area contributed by atoms with Crippen molar-refractivity contribution >= 4 is 29.9 Å². The van der Waals surface area contributed by atoms with Gasteiger partial charge in [-0.3, -0.25) is 4.68 Å². The maximum atomic E-state index is 4.55. The van der Waals surface area contributed by atoms with Crippen molar-refractivity contribution in [1.29, 1.82) is 0 Å². The Morgan fingerprint density at radius 3 is 2.83 bits per heavy atom. The van der Waals surface area contributed by atoms with Crippen molar-refractivity contribution in [2.75, 3.05) is 6.54 Å². The first-order valence-corrected chi connectivity index (χ1v) is 6.21. The smallest absolute Gasteiger partial charge is 0.191 e. The SMILES string of the molecule is CCNC(=NCc1cnn(C)c1)NC1CC1C.I. The number of guanidine groups is 1. The second kappa shape index (κ2) is 6.96. The Morgan fingerprint density at radius 2 is 2.33 bits per heavy atom. The van der Waals surface area contributed by atoms with Gasteiger partial charge in [-0.1, -0.05) is 6.92 Å². The van der Waals surface area contributed by atoms with Crippen molar-refractivity contribution in [3.05, 3.63) is 18.0 Å². The zero-order chi connectivity index (χ0) is 12.3. The fraction of sp³-hybridized carbons (Fsp3) is 0.667. The lowest BCUT2D eigenvalue weighted by molar-refractivity contribution is 0.763. The van der Waals surface area contributed by atoms with Crippen LogP contribution < -0.4 is 10.6 Å². The first-order valence-electron chi connectivity index (χ1n) is 6.21. The largest absolute Gasteiger partial charge is 0.357 e. The maximum Gasteiger partial charge on any atom is 0.191 e. The normalized spacial score (nSPS) is 22.3. The second-order valence-corrected chi connectivity index (χ2v) is 4.68. The van der Waals surface area contributed by atoms with Gasteiger partial charge >= 0.3 is 0 Å². The van der Waals surface area contributed by atoms with Gasteiger partial charge in [-0.15, -0.1) is 24.0 Å². The summed E-state index contributed by atoms with van der Waals surface area (Å²) in [4.78, 5) is 4.55. The van der Waals surface area contributed by atoms with Gasteiger partial charge in [-0.2, -0.15) is 5.10 Å². The third-order valence-electron chi connectivity index (χ3n) is 2.95. The van der Waals surface area contributed by atoms with Crippen LogP contribution in [0.25, 0.3) is 0 Å². The molecule has 1 aromatic rings. The number of aryl methyl sites for hydroxylation is 1. The van der Waals surface area contributed by atoms with Crippen LogP contribution in [0, 0.1) is 5.92 Å². The molecule has 6 heteroatoms. The van der Waals surface area contributed by atoms with E-state index < -0.39 is 0 Å². The third-order valence-corrected chi connectivity index (χ3v) is 2.95. The average molecular weight is 363 g/mol. The van der Waals surface area contributed by atoms with Gasteiger partial charge < -0.3 is 10.6 Å². The Bertz CT molecular complexity index is 401. The molecule has 18 heavy (non-hydrogen) atoms. The predicted molar refractivity (Wildman–Crippen MR) is 84.1 cm³/mol. The van der Waals surface area contributed by atoms with Crippen LogP contribution in [0.5, 0.6) is 0 Å². The number of nitrogens with one attached hydrogen (secondary N) is 2. The van der Waals surface area contributed by atoms with Crippen LogP contribution in [0.15, 0.2) is 17.4 Å². The van der Waals surface area contributed by atoms with Gasteiger partial charge in [0.1, 0.15) is 0 Å². The quantitative estimate of drug-likeness (QED) is 0.484. The molecule has 0 amide bonds. The molecular formula is C12H22IN5. The molecule has 1 aromatic heterocycles. The summed E-state index contributed by atoms with van der Waals surface area (Å²) in [6, 6.07) is 0.599. The summed E-state index contributed by atoms with van der Waals surface area (Å²) in [6.07, 6.45) is 5.09. The van der Waals surface area contributed by atoms with E-state index in [4.69, 9.17) is 0 Å². The molecule has 0 aromatic carbocycles. The van der Waals surface area contributed by atoms with Crippen molar-refractivity contribution in [2.24, 2.45) is 18.0 Å². The minimum absolute atomic E-state index is 0. The van der Waals surface area contributed by atoms with Gasteiger partial charge in [0.15, 0.2) is 5.96 Å². The lowest BCUT2D eigenvalue weighted by atomic mass is 10.4. The first kappa shape index (κ1) is 15.3. The molecule has 2 N–H and O–H groups in total. The molecular weight excluding hydrogens is 341 g/mol. The number of halogens is 1. The van der Waals surface area contributed by atoms with Crippen LogP contribution in [-0.2, 0) is 13.6 Å². The van der Waals surface area contributed by atoms with Crippen LogP contribution in [0.3, 0.4) is 0 Å². The summed E-state index contributed by atoms with van der Waals surface area (Å²) in [7, 11) is 1.92. The highest BCUT2D eigenvalue weighted by molar-refractivity contribution is 14.0. The first-order chi connectivity index (χ1) is 8.19. The molecule has 0 saturated heterocycles. The van der Waals surface area contributed by atoms with E-state index in [9.17, 15) is 0 Å². The zero-order valence-corrected chi connectivity index (χ0v) is 13.5. The number of aromatic nitrogens is 2. The van der Waals surface area contributed by atoms with Gasteiger partial charge in [0.2, 0.25) is 0 Å². The van der Waals surface area contributed by atoms with E-state index >= 15 is 0 Å². The molecule has 1 heterocycles. The highest BCUT2D eigenvalue weighted by Crippen LogP contribution is 2.28. The van der Waals surface area contributed by atoms with Crippen molar-refractivity contribution in [3.8, 4) is 0 Å². The predicted octanol–water partition coefficient (Wildman–Crippen LogP) is 1.50. The number of rotatable bonds is 4. The van der Waals surface area contributed by atoms with E-state index in [1.54, 1.807) is 4.68 Å². The Hall–Kier alpha value is -0.790. The number of nitrogens with zero attached hydrogens (tertiary/aromatic N) is 3. The fourth-order valence-electron chi connectivity index (χ4n) is 1.74. The lowest BCUT2D eigenvalue weighted by Gasteiger charge is -2.10. The van der Waals surface area contributed by atoms with E-state index in [-0.39, 0.29) is 24.0 Å². The molecule has 0 spiro atoms. The average Bonchev–Trinajstić information content (AvgIpc) is 2.81. The number of aliphatic imine (C=N–C) groups is 1. The molecule has 0 radical (unpaired) electrons. The lowest BCUT2D eigenvalue weighted by Crippen LogP contribution is -2.39. The number of hydrogen-bond donors (Lipinski definition) is 2. The van der Waals surface area contributed by atoms with Gasteiger partial charge in [0, 0.05) is 31.4 Å². The summed E-state index contributed by atoms with van der Waals surface area (Å²) < 4.78 is 1.80. The Labute approximate surface area is 125 Å². The monoisotopic (exact) mass is 363 g/mol. The summed E-state index contributed by atoms with van der Waals surface area (Å²) >= 11 is 0.